The highest BCUT2D eigenvalue weighted by atomic mass is 19.1. The van der Waals surface area contributed by atoms with Crippen LogP contribution in [0.2, 0.25) is 0 Å². The Morgan fingerprint density at radius 2 is 1.57 bits per heavy atom. The maximum Gasteiger partial charge on any atom is 0.238 e. The van der Waals surface area contributed by atoms with Gasteiger partial charge < -0.3 is 15.1 Å². The van der Waals surface area contributed by atoms with Gasteiger partial charge >= 0.3 is 0 Å². The van der Waals surface area contributed by atoms with E-state index in [1.165, 1.54) is 12.1 Å². The van der Waals surface area contributed by atoms with E-state index in [4.69, 9.17) is 0 Å². The summed E-state index contributed by atoms with van der Waals surface area (Å²) in [6.45, 7) is 3.09. The molecule has 1 heterocycles. The molecule has 0 radical (unpaired) electrons. The van der Waals surface area contributed by atoms with Crippen LogP contribution in [0.1, 0.15) is 18.4 Å². The lowest BCUT2D eigenvalue weighted by Crippen LogP contribution is -2.53. The molecule has 2 aromatic rings. The number of rotatable bonds is 5. The number of carbonyl (C=O) groups excluding carboxylic acids is 2. The molecule has 0 bridgehead atoms. The summed E-state index contributed by atoms with van der Waals surface area (Å²) in [6.07, 6.45) is 1.19. The van der Waals surface area contributed by atoms with Crippen LogP contribution in [-0.2, 0) is 16.1 Å². The van der Waals surface area contributed by atoms with Crippen molar-refractivity contribution >= 4 is 17.5 Å². The Balaban J connectivity index is 1.32. The number of amides is 2. The average molecular weight is 381 g/mol. The van der Waals surface area contributed by atoms with Crippen LogP contribution in [0.3, 0.4) is 0 Å². The van der Waals surface area contributed by atoms with Crippen molar-refractivity contribution < 1.29 is 14.0 Å². The Hall–Kier alpha value is -2.89. The Bertz CT molecular complexity index is 842. The molecule has 1 aliphatic carbocycles. The number of carbonyl (C=O) groups is 2. The van der Waals surface area contributed by atoms with Gasteiger partial charge in [0, 0.05) is 38.4 Å². The van der Waals surface area contributed by atoms with Crippen molar-refractivity contribution in [1.29, 1.82) is 0 Å². The first-order valence-corrected chi connectivity index (χ1v) is 9.71. The maximum absolute atomic E-state index is 13.0. The third-order valence-corrected chi connectivity index (χ3v) is 5.65. The molecule has 0 aromatic heterocycles. The predicted octanol–water partition coefficient (Wildman–Crippen LogP) is 2.57. The largest absolute Gasteiger partial charge is 0.368 e. The lowest BCUT2D eigenvalue weighted by atomic mass is 10.0. The van der Waals surface area contributed by atoms with Crippen LogP contribution < -0.4 is 10.2 Å². The second-order valence-corrected chi connectivity index (χ2v) is 7.51. The smallest absolute Gasteiger partial charge is 0.238 e. The van der Waals surface area contributed by atoms with Gasteiger partial charge in [0.1, 0.15) is 11.2 Å². The molecule has 1 saturated carbocycles. The second-order valence-electron chi connectivity index (χ2n) is 7.51. The molecule has 0 atom stereocenters. The summed E-state index contributed by atoms with van der Waals surface area (Å²) in [4.78, 5) is 29.8. The van der Waals surface area contributed by atoms with Gasteiger partial charge in [0.15, 0.2) is 0 Å². The average Bonchev–Trinajstić information content (AvgIpc) is 3.55. The van der Waals surface area contributed by atoms with E-state index < -0.39 is 5.41 Å². The van der Waals surface area contributed by atoms with Crippen LogP contribution in [0, 0.1) is 11.2 Å². The predicted molar refractivity (Wildman–Crippen MR) is 105 cm³/mol. The van der Waals surface area contributed by atoms with E-state index in [-0.39, 0.29) is 17.6 Å². The molecule has 4 rings (SSSR count). The first-order chi connectivity index (χ1) is 13.6. The quantitative estimate of drug-likeness (QED) is 0.810. The third kappa shape index (κ3) is 3.72. The number of nitrogens with zero attached hydrogens (tertiary/aromatic N) is 2. The van der Waals surface area contributed by atoms with E-state index >= 15 is 0 Å². The number of piperazine rings is 1. The van der Waals surface area contributed by atoms with E-state index in [0.717, 1.165) is 24.3 Å². The number of hydrogen-bond acceptors (Lipinski definition) is 3. The lowest BCUT2D eigenvalue weighted by Gasteiger charge is -2.37. The van der Waals surface area contributed by atoms with Crippen LogP contribution in [0.25, 0.3) is 0 Å². The summed E-state index contributed by atoms with van der Waals surface area (Å²) >= 11 is 0. The minimum atomic E-state index is -0.908. The van der Waals surface area contributed by atoms with Crippen molar-refractivity contribution in [2.75, 3.05) is 31.1 Å². The molecule has 6 heteroatoms. The number of nitrogens with one attached hydrogen (secondary N) is 1. The van der Waals surface area contributed by atoms with Crippen molar-refractivity contribution in [3.05, 3.63) is 66.0 Å². The molecule has 1 aliphatic heterocycles. The standard InChI is InChI=1S/C22H24FN3O2/c23-18-8-6-17(7-9-18)16-24-20(27)22(10-11-22)21(28)26-14-12-25(13-15-26)19-4-2-1-3-5-19/h1-9H,10-16H2,(H,24,27). The SMILES string of the molecule is O=C(NCc1ccc(F)cc1)C1(C(=O)N2CCN(c3ccccc3)CC2)CC1. The zero-order valence-corrected chi connectivity index (χ0v) is 15.7. The highest BCUT2D eigenvalue weighted by molar-refractivity contribution is 6.07. The highest BCUT2D eigenvalue weighted by Crippen LogP contribution is 2.47. The van der Waals surface area contributed by atoms with Crippen LogP contribution in [-0.4, -0.2) is 42.9 Å². The fourth-order valence-electron chi connectivity index (χ4n) is 3.73. The molecule has 0 unspecified atom stereocenters. The van der Waals surface area contributed by atoms with E-state index in [1.807, 2.05) is 23.1 Å². The third-order valence-electron chi connectivity index (χ3n) is 5.65. The zero-order valence-electron chi connectivity index (χ0n) is 15.7. The Morgan fingerprint density at radius 1 is 0.929 bits per heavy atom. The monoisotopic (exact) mass is 381 g/mol. The normalized spacial score (nSPS) is 17.9. The van der Waals surface area contributed by atoms with Crippen LogP contribution in [0.15, 0.2) is 54.6 Å². The van der Waals surface area contributed by atoms with Crippen LogP contribution in [0.4, 0.5) is 10.1 Å². The Kier molecular flexibility index (Phi) is 5.03. The summed E-state index contributed by atoms with van der Waals surface area (Å²) in [5, 5.41) is 2.86. The van der Waals surface area contributed by atoms with Crippen LogP contribution >= 0.6 is 0 Å². The number of halogens is 1. The van der Waals surface area contributed by atoms with Crippen LogP contribution in [0.5, 0.6) is 0 Å². The van der Waals surface area contributed by atoms with E-state index in [9.17, 15) is 14.0 Å². The van der Waals surface area contributed by atoms with Crippen molar-refractivity contribution in [2.45, 2.75) is 19.4 Å². The Labute approximate surface area is 164 Å². The van der Waals surface area contributed by atoms with E-state index in [2.05, 4.69) is 22.3 Å². The van der Waals surface area contributed by atoms with Gasteiger partial charge in [-0.15, -0.1) is 0 Å². The summed E-state index contributed by atoms with van der Waals surface area (Å²) in [7, 11) is 0. The number of para-hydroxylation sites is 1. The summed E-state index contributed by atoms with van der Waals surface area (Å²) < 4.78 is 13.0. The van der Waals surface area contributed by atoms with Gasteiger partial charge in [-0.05, 0) is 42.7 Å². The number of hydrogen-bond donors (Lipinski definition) is 1. The maximum atomic E-state index is 13.0. The molecule has 5 nitrogen and oxygen atoms in total. The molecule has 1 saturated heterocycles. The van der Waals surface area contributed by atoms with Gasteiger partial charge in [-0.2, -0.15) is 0 Å². The van der Waals surface area contributed by atoms with Crippen molar-refractivity contribution in [2.24, 2.45) is 5.41 Å². The Morgan fingerprint density at radius 3 is 2.18 bits per heavy atom. The first-order valence-electron chi connectivity index (χ1n) is 9.71. The summed E-state index contributed by atoms with van der Waals surface area (Å²) in [5.41, 5.74) is 1.07. The van der Waals surface area contributed by atoms with Gasteiger partial charge in [-0.1, -0.05) is 30.3 Å². The molecule has 28 heavy (non-hydrogen) atoms. The molecular formula is C22H24FN3O2. The molecule has 146 valence electrons. The highest BCUT2D eigenvalue weighted by Gasteiger charge is 2.58. The minimum Gasteiger partial charge on any atom is -0.368 e. The van der Waals surface area contributed by atoms with Gasteiger partial charge in [-0.25, -0.2) is 4.39 Å². The summed E-state index contributed by atoms with van der Waals surface area (Å²) in [6, 6.07) is 16.2. The molecule has 2 aromatic carbocycles. The fraction of sp³-hybridized carbons (Fsp3) is 0.364. The lowest BCUT2D eigenvalue weighted by molar-refractivity contribution is -0.144. The summed E-state index contributed by atoms with van der Waals surface area (Å²) in [5.74, 6) is -0.581. The zero-order chi connectivity index (χ0) is 19.6. The van der Waals surface area contributed by atoms with Crippen molar-refractivity contribution in [3.63, 3.8) is 0 Å². The van der Waals surface area contributed by atoms with Gasteiger partial charge in [-0.3, -0.25) is 9.59 Å². The first kappa shape index (κ1) is 18.5. The van der Waals surface area contributed by atoms with Crippen molar-refractivity contribution in [1.82, 2.24) is 10.2 Å². The molecule has 2 amide bonds. The van der Waals surface area contributed by atoms with Gasteiger partial charge in [0.25, 0.3) is 0 Å². The fourth-order valence-corrected chi connectivity index (χ4v) is 3.73. The van der Waals surface area contributed by atoms with Gasteiger partial charge in [0.05, 0.1) is 0 Å². The van der Waals surface area contributed by atoms with E-state index in [1.54, 1.807) is 12.1 Å². The topological polar surface area (TPSA) is 52.7 Å². The minimum absolute atomic E-state index is 0.0585. The molecule has 2 fully saturated rings. The molecule has 0 spiro atoms. The number of benzene rings is 2. The van der Waals surface area contributed by atoms with Gasteiger partial charge in [0.2, 0.25) is 11.8 Å². The van der Waals surface area contributed by atoms with Crippen molar-refractivity contribution in [3.8, 4) is 0 Å². The molecular weight excluding hydrogens is 357 g/mol. The molecule has 1 N–H and O–H groups in total. The molecule has 2 aliphatic rings. The number of anilines is 1. The second kappa shape index (κ2) is 7.62. The van der Waals surface area contributed by atoms with E-state index in [0.29, 0.717) is 32.5 Å².